The van der Waals surface area contributed by atoms with Crippen molar-refractivity contribution in [1.29, 1.82) is 0 Å². The lowest BCUT2D eigenvalue weighted by Crippen LogP contribution is -2.17. The number of thiophene rings is 1. The lowest BCUT2D eigenvalue weighted by molar-refractivity contribution is 0.462. The van der Waals surface area contributed by atoms with Crippen LogP contribution < -0.4 is 5.73 Å². The Bertz CT molecular complexity index is 266. The maximum atomic E-state index is 6.10. The molecule has 1 heterocycles. The van der Waals surface area contributed by atoms with Gasteiger partial charge in [-0.2, -0.15) is 0 Å². The van der Waals surface area contributed by atoms with E-state index in [4.69, 9.17) is 5.73 Å². The Morgan fingerprint density at radius 1 is 1.54 bits per heavy atom. The van der Waals surface area contributed by atoms with Crippen molar-refractivity contribution in [3.8, 4) is 0 Å². The molecule has 0 amide bonds. The van der Waals surface area contributed by atoms with Crippen molar-refractivity contribution in [2.75, 3.05) is 0 Å². The molecule has 0 saturated carbocycles. The predicted octanol–water partition coefficient (Wildman–Crippen LogP) is 4.32. The minimum atomic E-state index is 0.164. The molecule has 0 fully saturated rings. The van der Waals surface area contributed by atoms with Crippen molar-refractivity contribution in [3.63, 3.8) is 0 Å². The number of halogens is 2. The Morgan fingerprint density at radius 3 is 2.54 bits per heavy atom. The molecule has 74 valence electrons. The highest BCUT2D eigenvalue weighted by Gasteiger charge is 2.16. The second kappa shape index (κ2) is 4.91. The van der Waals surface area contributed by atoms with Gasteiger partial charge < -0.3 is 5.73 Å². The quantitative estimate of drug-likeness (QED) is 0.879. The van der Waals surface area contributed by atoms with Crippen LogP contribution in [0.1, 0.15) is 31.2 Å². The van der Waals surface area contributed by atoms with Crippen LogP contribution in [-0.4, -0.2) is 0 Å². The van der Waals surface area contributed by atoms with Crippen LogP contribution in [0.4, 0.5) is 0 Å². The summed E-state index contributed by atoms with van der Waals surface area (Å²) in [7, 11) is 0. The third-order valence-electron chi connectivity index (χ3n) is 2.25. The lowest BCUT2D eigenvalue weighted by Gasteiger charge is -2.16. The van der Waals surface area contributed by atoms with Crippen LogP contribution in [0.2, 0.25) is 0 Å². The molecule has 1 aromatic heterocycles. The molecule has 2 N–H and O–H groups in total. The Hall–Kier alpha value is 0.620. The molecule has 0 aromatic carbocycles. The SMILES string of the molecule is CCC(C)[C@H](N)c1cc(Br)c(Br)s1. The fourth-order valence-electron chi connectivity index (χ4n) is 1.06. The molecule has 0 spiro atoms. The van der Waals surface area contributed by atoms with Crippen LogP contribution in [0.5, 0.6) is 0 Å². The van der Waals surface area contributed by atoms with Crippen molar-refractivity contribution in [2.24, 2.45) is 11.7 Å². The van der Waals surface area contributed by atoms with Gasteiger partial charge in [0.15, 0.2) is 0 Å². The smallest absolute Gasteiger partial charge is 0.0843 e. The molecule has 1 nitrogen and oxygen atoms in total. The van der Waals surface area contributed by atoms with Crippen LogP contribution in [0, 0.1) is 5.92 Å². The average Bonchev–Trinajstić information content (AvgIpc) is 2.44. The van der Waals surface area contributed by atoms with Crippen LogP contribution >= 0.6 is 43.2 Å². The molecule has 2 atom stereocenters. The lowest BCUT2D eigenvalue weighted by atomic mass is 9.99. The van der Waals surface area contributed by atoms with Gasteiger partial charge >= 0.3 is 0 Å². The summed E-state index contributed by atoms with van der Waals surface area (Å²) in [4.78, 5) is 1.24. The molecule has 0 bridgehead atoms. The summed E-state index contributed by atoms with van der Waals surface area (Å²) in [5.74, 6) is 0.539. The monoisotopic (exact) mass is 325 g/mol. The van der Waals surface area contributed by atoms with Gasteiger partial charge in [-0.3, -0.25) is 0 Å². The van der Waals surface area contributed by atoms with Gasteiger partial charge in [0, 0.05) is 15.4 Å². The molecule has 13 heavy (non-hydrogen) atoms. The predicted molar refractivity (Wildman–Crippen MR) is 66.1 cm³/mol. The van der Waals surface area contributed by atoms with Gasteiger partial charge in [-0.25, -0.2) is 0 Å². The fourth-order valence-corrected chi connectivity index (χ4v) is 3.29. The van der Waals surface area contributed by atoms with Gasteiger partial charge in [0.05, 0.1) is 3.79 Å². The van der Waals surface area contributed by atoms with E-state index in [2.05, 4.69) is 51.8 Å². The van der Waals surface area contributed by atoms with Gasteiger partial charge in [0.2, 0.25) is 0 Å². The van der Waals surface area contributed by atoms with E-state index in [-0.39, 0.29) is 6.04 Å². The molecule has 1 unspecified atom stereocenters. The van der Waals surface area contributed by atoms with Gasteiger partial charge in [-0.15, -0.1) is 11.3 Å². The Morgan fingerprint density at radius 2 is 2.15 bits per heavy atom. The zero-order valence-electron chi connectivity index (χ0n) is 7.68. The van der Waals surface area contributed by atoms with Crippen molar-refractivity contribution in [2.45, 2.75) is 26.3 Å². The standard InChI is InChI=1S/C9H13Br2NS/c1-3-5(2)8(12)7-4-6(10)9(11)13-7/h4-5,8H,3,12H2,1-2H3/t5?,8-/m0/s1. The summed E-state index contributed by atoms with van der Waals surface area (Å²) in [6.07, 6.45) is 1.12. The zero-order chi connectivity index (χ0) is 10.0. The molecule has 4 heteroatoms. The number of hydrogen-bond donors (Lipinski definition) is 1. The summed E-state index contributed by atoms with van der Waals surface area (Å²) >= 11 is 8.65. The minimum Gasteiger partial charge on any atom is -0.323 e. The maximum absolute atomic E-state index is 6.10. The summed E-state index contributed by atoms with van der Waals surface area (Å²) < 4.78 is 2.23. The van der Waals surface area contributed by atoms with Crippen LogP contribution in [0.25, 0.3) is 0 Å². The van der Waals surface area contributed by atoms with Gasteiger partial charge in [0.1, 0.15) is 0 Å². The largest absolute Gasteiger partial charge is 0.323 e. The Labute approximate surface area is 100.0 Å². The van der Waals surface area contributed by atoms with E-state index >= 15 is 0 Å². The van der Waals surface area contributed by atoms with E-state index in [1.807, 2.05) is 0 Å². The molecular formula is C9H13Br2NS. The Kier molecular flexibility index (Phi) is 4.42. The van der Waals surface area contributed by atoms with Crippen LogP contribution in [-0.2, 0) is 0 Å². The molecular weight excluding hydrogens is 314 g/mol. The second-order valence-electron chi connectivity index (χ2n) is 3.18. The minimum absolute atomic E-state index is 0.164. The molecule has 0 aliphatic carbocycles. The Balaban J connectivity index is 2.82. The number of nitrogens with two attached hydrogens (primary N) is 1. The van der Waals surface area contributed by atoms with Crippen molar-refractivity contribution < 1.29 is 0 Å². The summed E-state index contributed by atoms with van der Waals surface area (Å²) in [5, 5.41) is 0. The third-order valence-corrected chi connectivity index (χ3v) is 5.61. The van der Waals surface area contributed by atoms with Gasteiger partial charge in [-0.05, 0) is 43.8 Å². The van der Waals surface area contributed by atoms with E-state index < -0.39 is 0 Å². The van der Waals surface area contributed by atoms with Crippen molar-refractivity contribution >= 4 is 43.2 Å². The highest BCUT2D eigenvalue weighted by Crippen LogP contribution is 2.37. The van der Waals surface area contributed by atoms with E-state index in [0.29, 0.717) is 5.92 Å². The topological polar surface area (TPSA) is 26.0 Å². The van der Waals surface area contributed by atoms with E-state index in [9.17, 15) is 0 Å². The van der Waals surface area contributed by atoms with Crippen molar-refractivity contribution in [3.05, 3.63) is 19.2 Å². The molecule has 1 aromatic rings. The van der Waals surface area contributed by atoms with E-state index in [1.165, 1.54) is 4.88 Å². The first-order valence-electron chi connectivity index (χ1n) is 4.26. The number of rotatable bonds is 3. The molecule has 0 radical (unpaired) electrons. The first-order valence-corrected chi connectivity index (χ1v) is 6.66. The van der Waals surface area contributed by atoms with Crippen LogP contribution in [0.3, 0.4) is 0 Å². The molecule has 1 rings (SSSR count). The van der Waals surface area contributed by atoms with E-state index in [1.54, 1.807) is 11.3 Å². The molecule has 0 aliphatic rings. The first kappa shape index (κ1) is 11.7. The molecule has 0 aliphatic heterocycles. The third kappa shape index (κ3) is 2.78. The highest BCUT2D eigenvalue weighted by atomic mass is 79.9. The van der Waals surface area contributed by atoms with Crippen molar-refractivity contribution in [1.82, 2.24) is 0 Å². The second-order valence-corrected chi connectivity index (χ2v) is 6.44. The summed E-state index contributed by atoms with van der Waals surface area (Å²) in [6, 6.07) is 2.27. The van der Waals surface area contributed by atoms with Gasteiger partial charge in [0.25, 0.3) is 0 Å². The normalized spacial score (nSPS) is 15.8. The number of hydrogen-bond acceptors (Lipinski definition) is 2. The van der Waals surface area contributed by atoms with Crippen LogP contribution in [0.15, 0.2) is 14.3 Å². The zero-order valence-corrected chi connectivity index (χ0v) is 11.7. The van der Waals surface area contributed by atoms with Gasteiger partial charge in [-0.1, -0.05) is 20.3 Å². The average molecular weight is 327 g/mol. The molecule has 0 saturated heterocycles. The summed E-state index contributed by atoms with van der Waals surface area (Å²) in [6.45, 7) is 4.36. The summed E-state index contributed by atoms with van der Waals surface area (Å²) in [5.41, 5.74) is 6.10. The maximum Gasteiger partial charge on any atom is 0.0843 e. The van der Waals surface area contributed by atoms with E-state index in [0.717, 1.165) is 14.7 Å². The first-order chi connectivity index (χ1) is 6.06. The fraction of sp³-hybridized carbons (Fsp3) is 0.556. The highest BCUT2D eigenvalue weighted by molar-refractivity contribution is 9.13.